The van der Waals surface area contributed by atoms with E-state index in [4.69, 9.17) is 11.5 Å². The van der Waals surface area contributed by atoms with Crippen molar-refractivity contribution in [1.82, 2.24) is 4.98 Å². The Balaban J connectivity index is 0.000000202. The fraction of sp³-hybridized carbons (Fsp3) is 0.538. The van der Waals surface area contributed by atoms with Gasteiger partial charge in [0.1, 0.15) is 0 Å². The van der Waals surface area contributed by atoms with Gasteiger partial charge in [-0.2, -0.15) is 0 Å². The quantitative estimate of drug-likeness (QED) is 0.811. The van der Waals surface area contributed by atoms with E-state index in [9.17, 15) is 4.79 Å². The van der Waals surface area contributed by atoms with Gasteiger partial charge in [0.05, 0.1) is 0 Å². The van der Waals surface area contributed by atoms with Gasteiger partial charge in [-0.05, 0) is 37.4 Å². The third-order valence-electron chi connectivity index (χ3n) is 3.14. The second kappa shape index (κ2) is 7.79. The first-order valence-corrected chi connectivity index (χ1v) is 6.10. The number of amides is 1. The highest BCUT2D eigenvalue weighted by Crippen LogP contribution is 2.28. The molecule has 1 heterocycles. The summed E-state index contributed by atoms with van der Waals surface area (Å²) in [6, 6.07) is 5.72. The van der Waals surface area contributed by atoms with E-state index in [2.05, 4.69) is 4.98 Å². The van der Waals surface area contributed by atoms with Crippen LogP contribution in [-0.2, 0) is 4.79 Å². The van der Waals surface area contributed by atoms with Gasteiger partial charge in [0.2, 0.25) is 5.91 Å². The van der Waals surface area contributed by atoms with E-state index in [0.29, 0.717) is 12.5 Å². The molecule has 1 aliphatic rings. The number of carbonyl (C=O) groups is 1. The highest BCUT2D eigenvalue weighted by Gasteiger charge is 2.27. The molecule has 4 nitrogen and oxygen atoms in total. The van der Waals surface area contributed by atoms with Crippen LogP contribution in [0, 0.1) is 11.8 Å². The summed E-state index contributed by atoms with van der Waals surface area (Å²) >= 11 is 0. The highest BCUT2D eigenvalue weighted by molar-refractivity contribution is 5.77. The molecule has 1 fully saturated rings. The number of pyridine rings is 1. The minimum Gasteiger partial charge on any atom is -0.369 e. The van der Waals surface area contributed by atoms with Gasteiger partial charge in [0.25, 0.3) is 0 Å². The summed E-state index contributed by atoms with van der Waals surface area (Å²) in [5, 5.41) is 0. The lowest BCUT2D eigenvalue weighted by atomic mass is 9.79. The van der Waals surface area contributed by atoms with Crippen LogP contribution in [0.25, 0.3) is 0 Å². The average molecular weight is 235 g/mol. The first-order chi connectivity index (χ1) is 8.25. The molecule has 0 radical (unpaired) electrons. The van der Waals surface area contributed by atoms with Gasteiger partial charge in [-0.15, -0.1) is 0 Å². The minimum absolute atomic E-state index is 0.0498. The van der Waals surface area contributed by atoms with Gasteiger partial charge < -0.3 is 11.5 Å². The largest absolute Gasteiger partial charge is 0.369 e. The van der Waals surface area contributed by atoms with Gasteiger partial charge in [-0.1, -0.05) is 18.9 Å². The molecule has 0 aromatic carbocycles. The zero-order chi connectivity index (χ0) is 12.5. The van der Waals surface area contributed by atoms with E-state index in [0.717, 1.165) is 19.3 Å². The summed E-state index contributed by atoms with van der Waals surface area (Å²) in [6.07, 6.45) is 7.84. The molecule has 1 aromatic rings. The van der Waals surface area contributed by atoms with Crippen LogP contribution in [0.2, 0.25) is 0 Å². The Morgan fingerprint density at radius 1 is 1.18 bits per heavy atom. The third kappa shape index (κ3) is 4.95. The molecule has 1 amide bonds. The molecule has 94 valence electrons. The Labute approximate surface area is 102 Å². The van der Waals surface area contributed by atoms with Crippen molar-refractivity contribution in [3.05, 3.63) is 30.6 Å². The fourth-order valence-electron chi connectivity index (χ4n) is 2.18. The predicted octanol–water partition coefficient (Wildman–Crippen LogP) is 1.32. The SMILES string of the molecule is NCC1CCCCC1C(N)=O.c1ccncc1. The van der Waals surface area contributed by atoms with Crippen LogP contribution in [0.5, 0.6) is 0 Å². The average Bonchev–Trinajstić information content (AvgIpc) is 2.41. The molecule has 0 aliphatic heterocycles. The summed E-state index contributed by atoms with van der Waals surface area (Å²) in [4.78, 5) is 14.7. The molecule has 0 saturated heterocycles. The Kier molecular flexibility index (Phi) is 6.25. The van der Waals surface area contributed by atoms with Gasteiger partial charge >= 0.3 is 0 Å². The lowest BCUT2D eigenvalue weighted by molar-refractivity contribution is -0.124. The van der Waals surface area contributed by atoms with Crippen molar-refractivity contribution in [3.63, 3.8) is 0 Å². The summed E-state index contributed by atoms with van der Waals surface area (Å²) in [6.45, 7) is 0.605. The molecule has 4 N–H and O–H groups in total. The summed E-state index contributed by atoms with van der Waals surface area (Å²) in [7, 11) is 0. The first kappa shape index (κ1) is 13.6. The molecule has 2 unspecified atom stereocenters. The number of aromatic nitrogens is 1. The van der Waals surface area contributed by atoms with Crippen molar-refractivity contribution in [2.75, 3.05) is 6.54 Å². The van der Waals surface area contributed by atoms with Crippen molar-refractivity contribution >= 4 is 5.91 Å². The topological polar surface area (TPSA) is 82.0 Å². The molecule has 1 aliphatic carbocycles. The molecule has 0 spiro atoms. The standard InChI is InChI=1S/C8H16N2O.C5H5N/c9-5-6-3-1-2-4-7(6)8(10)11;1-2-4-6-5-3-1/h6-7H,1-5,9H2,(H2,10,11);1-5H. The van der Waals surface area contributed by atoms with Crippen molar-refractivity contribution in [1.29, 1.82) is 0 Å². The van der Waals surface area contributed by atoms with Gasteiger partial charge in [0, 0.05) is 18.3 Å². The normalized spacial score (nSPS) is 23.4. The van der Waals surface area contributed by atoms with Crippen molar-refractivity contribution in [3.8, 4) is 0 Å². The maximum Gasteiger partial charge on any atom is 0.220 e. The summed E-state index contributed by atoms with van der Waals surface area (Å²) in [5.74, 6) is 0.232. The molecule has 4 heteroatoms. The summed E-state index contributed by atoms with van der Waals surface area (Å²) < 4.78 is 0. The van der Waals surface area contributed by atoms with Crippen molar-refractivity contribution < 1.29 is 4.79 Å². The molecular formula is C13H21N3O. The van der Waals surface area contributed by atoms with Crippen molar-refractivity contribution in [2.45, 2.75) is 25.7 Å². The van der Waals surface area contributed by atoms with Gasteiger partial charge in [-0.25, -0.2) is 0 Å². The number of rotatable bonds is 2. The van der Waals surface area contributed by atoms with E-state index in [-0.39, 0.29) is 11.8 Å². The van der Waals surface area contributed by atoms with Gasteiger partial charge in [0.15, 0.2) is 0 Å². The van der Waals surface area contributed by atoms with E-state index in [1.54, 1.807) is 12.4 Å². The minimum atomic E-state index is -0.167. The maximum absolute atomic E-state index is 10.9. The Hall–Kier alpha value is -1.42. The van der Waals surface area contributed by atoms with Crippen LogP contribution >= 0.6 is 0 Å². The molecular weight excluding hydrogens is 214 g/mol. The smallest absolute Gasteiger partial charge is 0.220 e. The molecule has 1 saturated carbocycles. The second-order valence-corrected chi connectivity index (χ2v) is 4.31. The van der Waals surface area contributed by atoms with Crippen LogP contribution < -0.4 is 11.5 Å². The van der Waals surface area contributed by atoms with E-state index in [1.807, 2.05) is 18.2 Å². The van der Waals surface area contributed by atoms with Crippen LogP contribution in [0.3, 0.4) is 0 Å². The molecule has 2 atom stereocenters. The van der Waals surface area contributed by atoms with Gasteiger partial charge in [-0.3, -0.25) is 9.78 Å². The molecule has 2 rings (SSSR count). The maximum atomic E-state index is 10.9. The Bertz CT molecular complexity index is 289. The van der Waals surface area contributed by atoms with E-state index < -0.39 is 0 Å². The number of nitrogens with zero attached hydrogens (tertiary/aromatic N) is 1. The fourth-order valence-corrected chi connectivity index (χ4v) is 2.18. The highest BCUT2D eigenvalue weighted by atomic mass is 16.1. The van der Waals surface area contributed by atoms with Crippen LogP contribution in [-0.4, -0.2) is 17.4 Å². The first-order valence-electron chi connectivity index (χ1n) is 6.10. The lowest BCUT2D eigenvalue weighted by Crippen LogP contribution is -2.36. The monoisotopic (exact) mass is 235 g/mol. The zero-order valence-corrected chi connectivity index (χ0v) is 10.1. The number of hydrogen-bond acceptors (Lipinski definition) is 3. The second-order valence-electron chi connectivity index (χ2n) is 4.31. The van der Waals surface area contributed by atoms with Crippen molar-refractivity contribution in [2.24, 2.45) is 23.3 Å². The summed E-state index contributed by atoms with van der Waals surface area (Å²) in [5.41, 5.74) is 10.8. The van der Waals surface area contributed by atoms with E-state index >= 15 is 0 Å². The Morgan fingerprint density at radius 3 is 2.18 bits per heavy atom. The molecule has 17 heavy (non-hydrogen) atoms. The molecule has 1 aromatic heterocycles. The number of hydrogen-bond donors (Lipinski definition) is 2. The molecule has 0 bridgehead atoms. The van der Waals surface area contributed by atoms with Crippen LogP contribution in [0.4, 0.5) is 0 Å². The Morgan fingerprint density at radius 2 is 1.82 bits per heavy atom. The van der Waals surface area contributed by atoms with Crippen LogP contribution in [0.15, 0.2) is 30.6 Å². The number of nitrogens with two attached hydrogens (primary N) is 2. The zero-order valence-electron chi connectivity index (χ0n) is 10.1. The predicted molar refractivity (Wildman–Crippen MR) is 67.9 cm³/mol. The third-order valence-corrected chi connectivity index (χ3v) is 3.14. The number of primary amides is 1. The van der Waals surface area contributed by atoms with E-state index in [1.165, 1.54) is 6.42 Å². The number of carbonyl (C=O) groups excluding carboxylic acids is 1. The van der Waals surface area contributed by atoms with Crippen LogP contribution in [0.1, 0.15) is 25.7 Å². The lowest BCUT2D eigenvalue weighted by Gasteiger charge is -2.27.